The van der Waals surface area contributed by atoms with Crippen molar-refractivity contribution in [1.82, 2.24) is 9.47 Å². The number of nitrogens with zero attached hydrogens (tertiary/aromatic N) is 2. The molecule has 1 amide bonds. The summed E-state index contributed by atoms with van der Waals surface area (Å²) in [5, 5.41) is 3.10. The van der Waals surface area contributed by atoms with Crippen LogP contribution in [-0.2, 0) is 16.9 Å². The fourth-order valence-electron chi connectivity index (χ4n) is 6.32. The number of nitrogens with one attached hydrogen (secondary N) is 1. The third kappa shape index (κ3) is 2.12. The molecule has 2 aromatic carbocycles. The summed E-state index contributed by atoms with van der Waals surface area (Å²) in [6.45, 7) is 1.13. The summed E-state index contributed by atoms with van der Waals surface area (Å²) in [7, 11) is 1.99. The normalized spacial score (nSPS) is 29.0. The van der Waals surface area contributed by atoms with Crippen molar-refractivity contribution in [3.63, 3.8) is 0 Å². The minimum atomic E-state index is -1.04. The number of benzene rings is 2. The molecule has 156 valence electrons. The fraction of sp³-hybridized carbons (Fsp3) is 0.280. The lowest BCUT2D eigenvalue weighted by Gasteiger charge is -2.43. The molecule has 2 spiro atoms. The molecule has 1 N–H and O–H groups in total. The highest BCUT2D eigenvalue weighted by molar-refractivity contribution is 7.98. The van der Waals surface area contributed by atoms with Crippen LogP contribution in [0.4, 0.5) is 5.69 Å². The van der Waals surface area contributed by atoms with Crippen LogP contribution in [0.2, 0.25) is 0 Å². The lowest BCUT2D eigenvalue weighted by molar-refractivity contribution is -0.130. The monoisotopic (exact) mass is 429 g/mol. The maximum atomic E-state index is 14.2. The molecule has 3 aliphatic heterocycles. The number of fused-ring (bicyclic) bond motifs is 4. The second-order valence-corrected chi connectivity index (χ2v) is 9.62. The Morgan fingerprint density at radius 2 is 1.81 bits per heavy atom. The molecule has 6 rings (SSSR count). The molecule has 0 unspecified atom stereocenters. The smallest absolute Gasteiger partial charge is 0.250 e. The van der Waals surface area contributed by atoms with Crippen LogP contribution in [0.1, 0.15) is 27.5 Å². The molecule has 3 aromatic rings. The second kappa shape index (κ2) is 6.34. The van der Waals surface area contributed by atoms with Crippen LogP contribution >= 0.6 is 11.8 Å². The van der Waals surface area contributed by atoms with Crippen molar-refractivity contribution >= 4 is 29.1 Å². The molecule has 0 saturated carbocycles. The van der Waals surface area contributed by atoms with Gasteiger partial charge in [-0.05, 0) is 49.2 Å². The largest absolute Gasteiger partial charge is 0.344 e. The van der Waals surface area contributed by atoms with Gasteiger partial charge >= 0.3 is 0 Å². The van der Waals surface area contributed by atoms with E-state index in [0.29, 0.717) is 18.8 Å². The van der Waals surface area contributed by atoms with E-state index >= 15 is 0 Å². The molecule has 4 heterocycles. The van der Waals surface area contributed by atoms with Crippen LogP contribution in [0.3, 0.4) is 0 Å². The number of carbonyl (C=O) groups is 2. The molecule has 3 atom stereocenters. The summed E-state index contributed by atoms with van der Waals surface area (Å²) in [5.41, 5.74) is 1.57. The minimum Gasteiger partial charge on any atom is -0.344 e. The van der Waals surface area contributed by atoms with Crippen molar-refractivity contribution < 1.29 is 9.59 Å². The third-order valence-electron chi connectivity index (χ3n) is 7.57. The Morgan fingerprint density at radius 1 is 1.03 bits per heavy atom. The van der Waals surface area contributed by atoms with Gasteiger partial charge in [-0.15, -0.1) is 11.8 Å². The molecule has 0 radical (unpaired) electrons. The zero-order chi connectivity index (χ0) is 21.4. The fourth-order valence-corrected chi connectivity index (χ4v) is 6.73. The lowest BCUT2D eigenvalue weighted by Crippen LogP contribution is -2.58. The average molecular weight is 430 g/mol. The number of thioether (sulfide) groups is 1. The van der Waals surface area contributed by atoms with E-state index in [2.05, 4.69) is 40.7 Å². The second-order valence-electron chi connectivity index (χ2n) is 8.74. The molecule has 31 heavy (non-hydrogen) atoms. The van der Waals surface area contributed by atoms with Gasteiger partial charge < -0.3 is 9.88 Å². The number of anilines is 1. The molecule has 3 aliphatic rings. The SMILES string of the molecule is CSc1ccc([C@@H]2CN(C)[C@]3(C(=O)Nc4ccccc43)[C@]23Cn2cccc2C3=O)cc1. The van der Waals surface area contributed by atoms with Crippen LogP contribution in [0.25, 0.3) is 0 Å². The van der Waals surface area contributed by atoms with Crippen molar-refractivity contribution in [2.24, 2.45) is 5.41 Å². The first-order valence-electron chi connectivity index (χ1n) is 10.5. The number of likely N-dealkylation sites (N-methyl/N-ethyl adjacent to an activating group) is 1. The molecule has 0 bridgehead atoms. The number of para-hydroxylation sites is 1. The standard InChI is InChI=1S/C25H23N3O2S/c1-27-14-19(16-9-11-17(31-2)12-10-16)24(15-28-13-5-8-21(28)22(24)29)25(27)18-6-3-4-7-20(18)26-23(25)30/h3-13,19H,14-15H2,1-2H3,(H,26,30)/t19-,24+,25+/m0/s1. The van der Waals surface area contributed by atoms with Gasteiger partial charge in [0.1, 0.15) is 5.54 Å². The van der Waals surface area contributed by atoms with Gasteiger partial charge in [-0.2, -0.15) is 0 Å². The highest BCUT2D eigenvalue weighted by atomic mass is 32.2. The van der Waals surface area contributed by atoms with E-state index in [1.54, 1.807) is 11.8 Å². The number of carbonyl (C=O) groups excluding carboxylic acids is 2. The van der Waals surface area contributed by atoms with Crippen molar-refractivity contribution in [3.8, 4) is 0 Å². The van der Waals surface area contributed by atoms with Gasteiger partial charge in [0.25, 0.3) is 5.91 Å². The van der Waals surface area contributed by atoms with Crippen molar-refractivity contribution in [2.45, 2.75) is 22.9 Å². The predicted molar refractivity (Wildman–Crippen MR) is 122 cm³/mol. The lowest BCUT2D eigenvalue weighted by atomic mass is 9.59. The third-order valence-corrected chi connectivity index (χ3v) is 8.31. The van der Waals surface area contributed by atoms with Gasteiger partial charge in [-0.1, -0.05) is 30.3 Å². The minimum absolute atomic E-state index is 0.0626. The van der Waals surface area contributed by atoms with Gasteiger partial charge in [-0.3, -0.25) is 14.5 Å². The molecule has 0 aliphatic carbocycles. The Labute approximate surface area is 185 Å². The van der Waals surface area contributed by atoms with Crippen LogP contribution < -0.4 is 5.32 Å². The quantitative estimate of drug-likeness (QED) is 0.627. The number of rotatable bonds is 2. The molecule has 5 nitrogen and oxygen atoms in total. The van der Waals surface area contributed by atoms with Crippen molar-refractivity contribution in [1.29, 1.82) is 0 Å². The molecule has 1 fully saturated rings. The summed E-state index contributed by atoms with van der Waals surface area (Å²) in [6.07, 6.45) is 4.02. The molecule has 6 heteroatoms. The average Bonchev–Trinajstić information content (AvgIpc) is 3.49. The van der Waals surface area contributed by atoms with Gasteiger partial charge in [0.15, 0.2) is 5.78 Å². The van der Waals surface area contributed by atoms with Gasteiger partial charge in [0.05, 0.1) is 11.1 Å². The van der Waals surface area contributed by atoms with Crippen LogP contribution in [0.5, 0.6) is 0 Å². The molecular formula is C25H23N3O2S. The number of aromatic nitrogens is 1. The van der Waals surface area contributed by atoms with E-state index in [1.165, 1.54) is 4.90 Å². The highest BCUT2D eigenvalue weighted by Gasteiger charge is 2.75. The van der Waals surface area contributed by atoms with Crippen LogP contribution in [0, 0.1) is 5.41 Å². The van der Waals surface area contributed by atoms with E-state index in [-0.39, 0.29) is 17.6 Å². The maximum Gasteiger partial charge on any atom is 0.250 e. The van der Waals surface area contributed by atoms with Crippen molar-refractivity contribution in [2.75, 3.05) is 25.2 Å². The topological polar surface area (TPSA) is 54.3 Å². The number of amides is 1. The number of Topliss-reactive ketones (excluding diaryl/α,β-unsaturated/α-hetero) is 1. The Bertz CT molecular complexity index is 1230. The predicted octanol–water partition coefficient (Wildman–Crippen LogP) is 3.97. The molecule has 1 aromatic heterocycles. The van der Waals surface area contributed by atoms with E-state index in [1.807, 2.05) is 54.2 Å². The Hall–Kier alpha value is -2.83. The summed E-state index contributed by atoms with van der Waals surface area (Å²) >= 11 is 1.70. The van der Waals surface area contributed by atoms with Crippen molar-refractivity contribution in [3.05, 3.63) is 83.7 Å². The van der Waals surface area contributed by atoms with E-state index < -0.39 is 11.0 Å². The first-order chi connectivity index (χ1) is 15.0. The molecular weight excluding hydrogens is 406 g/mol. The van der Waals surface area contributed by atoms with E-state index in [0.717, 1.165) is 16.8 Å². The number of likely N-dealkylation sites (tertiary alicyclic amines) is 1. The van der Waals surface area contributed by atoms with Gasteiger partial charge in [0.2, 0.25) is 0 Å². The Kier molecular flexibility index (Phi) is 3.87. The van der Waals surface area contributed by atoms with Crippen LogP contribution in [0.15, 0.2) is 71.8 Å². The number of hydrogen-bond acceptors (Lipinski definition) is 4. The Balaban J connectivity index is 1.63. The van der Waals surface area contributed by atoms with Gasteiger partial charge in [0, 0.05) is 41.4 Å². The summed E-state index contributed by atoms with van der Waals surface area (Å²) in [4.78, 5) is 31.3. The van der Waals surface area contributed by atoms with E-state index in [4.69, 9.17) is 0 Å². The summed E-state index contributed by atoms with van der Waals surface area (Å²) in [5.74, 6) is -0.135. The first-order valence-corrected chi connectivity index (χ1v) is 11.7. The number of ketones is 1. The number of hydrogen-bond donors (Lipinski definition) is 1. The summed E-state index contributed by atoms with van der Waals surface area (Å²) < 4.78 is 2.03. The Morgan fingerprint density at radius 3 is 2.55 bits per heavy atom. The zero-order valence-corrected chi connectivity index (χ0v) is 18.3. The first kappa shape index (κ1) is 18.9. The van der Waals surface area contributed by atoms with Gasteiger partial charge in [-0.25, -0.2) is 0 Å². The molecule has 1 saturated heterocycles. The van der Waals surface area contributed by atoms with E-state index in [9.17, 15) is 9.59 Å². The van der Waals surface area contributed by atoms with Crippen LogP contribution in [-0.4, -0.2) is 41.0 Å². The highest BCUT2D eigenvalue weighted by Crippen LogP contribution is 2.65. The zero-order valence-electron chi connectivity index (χ0n) is 17.5. The maximum absolute atomic E-state index is 14.2. The summed E-state index contributed by atoms with van der Waals surface area (Å²) in [6, 6.07) is 20.1.